The highest BCUT2D eigenvalue weighted by Gasteiger charge is 2.13. The number of hydrogen-bond acceptors (Lipinski definition) is 5. The van der Waals surface area contributed by atoms with Crippen molar-refractivity contribution in [1.82, 2.24) is 19.7 Å². The summed E-state index contributed by atoms with van der Waals surface area (Å²) in [6, 6.07) is 0. The standard InChI is InChI=1S/C8H8N4O4/c1-3-9-5-6(10-3)12(16-4(2)13)8(15)11-7(5)14/h1-2H3,(H,9,10)(H,11,14,15). The third kappa shape index (κ3) is 1.49. The molecule has 8 nitrogen and oxygen atoms in total. The van der Waals surface area contributed by atoms with E-state index in [-0.39, 0.29) is 11.2 Å². The molecule has 0 atom stereocenters. The number of aromatic nitrogens is 4. The Morgan fingerprint density at radius 1 is 1.38 bits per heavy atom. The van der Waals surface area contributed by atoms with Crippen LogP contribution in [0.5, 0.6) is 0 Å². The third-order valence-corrected chi connectivity index (χ3v) is 1.85. The van der Waals surface area contributed by atoms with Gasteiger partial charge < -0.3 is 9.82 Å². The van der Waals surface area contributed by atoms with Crippen LogP contribution in [-0.2, 0) is 4.79 Å². The Labute approximate surface area is 87.8 Å². The summed E-state index contributed by atoms with van der Waals surface area (Å²) in [5.74, 6) is -0.247. The fourth-order valence-electron chi connectivity index (χ4n) is 1.30. The van der Waals surface area contributed by atoms with E-state index in [0.717, 1.165) is 6.92 Å². The zero-order valence-electron chi connectivity index (χ0n) is 8.53. The van der Waals surface area contributed by atoms with E-state index in [0.29, 0.717) is 10.6 Å². The second-order valence-corrected chi connectivity index (χ2v) is 3.16. The molecule has 0 aliphatic rings. The highest BCUT2D eigenvalue weighted by molar-refractivity contribution is 5.71. The van der Waals surface area contributed by atoms with Gasteiger partial charge in [0, 0.05) is 6.92 Å². The largest absolute Gasteiger partial charge is 0.364 e. The van der Waals surface area contributed by atoms with Gasteiger partial charge in [0.05, 0.1) is 0 Å². The van der Waals surface area contributed by atoms with Gasteiger partial charge in [0.15, 0.2) is 5.52 Å². The Balaban J connectivity index is 2.86. The lowest BCUT2D eigenvalue weighted by Crippen LogP contribution is -2.36. The molecule has 0 saturated heterocycles. The average molecular weight is 224 g/mol. The van der Waals surface area contributed by atoms with Gasteiger partial charge in [-0.1, -0.05) is 4.73 Å². The molecule has 84 valence electrons. The lowest BCUT2D eigenvalue weighted by Gasteiger charge is -2.02. The molecule has 0 aromatic carbocycles. The molecular weight excluding hydrogens is 216 g/mol. The third-order valence-electron chi connectivity index (χ3n) is 1.85. The Kier molecular flexibility index (Phi) is 2.11. The van der Waals surface area contributed by atoms with E-state index in [1.807, 2.05) is 4.98 Å². The Bertz CT molecular complexity index is 677. The molecule has 2 heterocycles. The van der Waals surface area contributed by atoms with Crippen LogP contribution in [0.15, 0.2) is 9.59 Å². The summed E-state index contributed by atoms with van der Waals surface area (Å²) in [7, 11) is 0. The van der Waals surface area contributed by atoms with Crippen molar-refractivity contribution in [3.8, 4) is 0 Å². The van der Waals surface area contributed by atoms with Crippen molar-refractivity contribution in [1.29, 1.82) is 0 Å². The maximum atomic E-state index is 11.4. The molecule has 0 fully saturated rings. The van der Waals surface area contributed by atoms with E-state index in [9.17, 15) is 14.4 Å². The number of nitrogens with zero attached hydrogens (tertiary/aromatic N) is 2. The second-order valence-electron chi connectivity index (χ2n) is 3.16. The molecule has 0 saturated carbocycles. The Morgan fingerprint density at radius 3 is 2.69 bits per heavy atom. The average Bonchev–Trinajstić information content (AvgIpc) is 2.54. The number of carbonyl (C=O) groups is 1. The number of hydrogen-bond donors (Lipinski definition) is 2. The molecule has 0 bridgehead atoms. The summed E-state index contributed by atoms with van der Waals surface area (Å²) < 4.78 is 0.641. The van der Waals surface area contributed by atoms with E-state index in [2.05, 4.69) is 14.8 Å². The van der Waals surface area contributed by atoms with E-state index < -0.39 is 17.2 Å². The summed E-state index contributed by atoms with van der Waals surface area (Å²) in [6.07, 6.45) is 0. The van der Waals surface area contributed by atoms with Crippen LogP contribution in [0, 0.1) is 6.92 Å². The number of aromatic amines is 2. The highest BCUT2D eigenvalue weighted by atomic mass is 16.7. The number of fused-ring (bicyclic) bond motifs is 1. The first-order valence-electron chi connectivity index (χ1n) is 4.39. The summed E-state index contributed by atoms with van der Waals surface area (Å²) in [5.41, 5.74) is -1.39. The molecule has 2 N–H and O–H groups in total. The molecule has 0 amide bonds. The van der Waals surface area contributed by atoms with Crippen LogP contribution in [0.1, 0.15) is 12.7 Å². The number of aryl methyl sites for hydroxylation is 1. The predicted octanol–water partition coefficient (Wildman–Crippen LogP) is -1.30. The fraction of sp³-hybridized carbons (Fsp3) is 0.250. The SMILES string of the molecule is CC(=O)On1c(=O)[nH]c(=O)c2[nH]c(C)nc21. The normalized spacial score (nSPS) is 10.6. The number of H-pyrrole nitrogens is 2. The van der Waals surface area contributed by atoms with Crippen molar-refractivity contribution < 1.29 is 9.63 Å². The first kappa shape index (κ1) is 10.1. The van der Waals surface area contributed by atoms with Gasteiger partial charge in [0.25, 0.3) is 5.56 Å². The zero-order valence-corrected chi connectivity index (χ0v) is 8.53. The van der Waals surface area contributed by atoms with Crippen LogP contribution in [0.3, 0.4) is 0 Å². The van der Waals surface area contributed by atoms with Crippen molar-refractivity contribution >= 4 is 17.1 Å². The lowest BCUT2D eigenvalue weighted by molar-refractivity contribution is -0.141. The summed E-state index contributed by atoms with van der Waals surface area (Å²) in [6.45, 7) is 2.75. The number of rotatable bonds is 1. The van der Waals surface area contributed by atoms with E-state index in [1.165, 1.54) is 0 Å². The topological polar surface area (TPSA) is 110 Å². The molecule has 16 heavy (non-hydrogen) atoms. The van der Waals surface area contributed by atoms with Gasteiger partial charge in [-0.05, 0) is 6.92 Å². The molecule has 2 aromatic heterocycles. The van der Waals surface area contributed by atoms with Gasteiger partial charge in [0.1, 0.15) is 5.82 Å². The number of nitrogens with one attached hydrogen (secondary N) is 2. The van der Waals surface area contributed by atoms with E-state index in [1.54, 1.807) is 6.92 Å². The molecule has 8 heteroatoms. The first-order valence-corrected chi connectivity index (χ1v) is 4.39. The second kappa shape index (κ2) is 3.33. The van der Waals surface area contributed by atoms with Crippen LogP contribution in [0.25, 0.3) is 11.2 Å². The van der Waals surface area contributed by atoms with Gasteiger partial charge in [0.2, 0.25) is 5.65 Å². The van der Waals surface area contributed by atoms with Crippen molar-refractivity contribution in [2.45, 2.75) is 13.8 Å². The van der Waals surface area contributed by atoms with Crippen molar-refractivity contribution in [3.05, 3.63) is 26.7 Å². The van der Waals surface area contributed by atoms with E-state index in [4.69, 9.17) is 0 Å². The maximum absolute atomic E-state index is 11.4. The molecule has 0 aliphatic carbocycles. The summed E-state index contributed by atoms with van der Waals surface area (Å²) in [5, 5.41) is 0. The Morgan fingerprint density at radius 2 is 2.06 bits per heavy atom. The van der Waals surface area contributed by atoms with Gasteiger partial charge >= 0.3 is 11.7 Å². The van der Waals surface area contributed by atoms with Crippen molar-refractivity contribution in [2.24, 2.45) is 0 Å². The van der Waals surface area contributed by atoms with Crippen LogP contribution in [-0.4, -0.2) is 25.7 Å². The van der Waals surface area contributed by atoms with Crippen LogP contribution in [0.4, 0.5) is 0 Å². The molecule has 2 rings (SSSR count). The smallest absolute Gasteiger partial charge is 0.336 e. The summed E-state index contributed by atoms with van der Waals surface area (Å²) >= 11 is 0. The highest BCUT2D eigenvalue weighted by Crippen LogP contribution is 2.02. The molecular formula is C8H8N4O4. The van der Waals surface area contributed by atoms with Crippen molar-refractivity contribution in [2.75, 3.05) is 0 Å². The fourth-order valence-corrected chi connectivity index (χ4v) is 1.30. The van der Waals surface area contributed by atoms with E-state index >= 15 is 0 Å². The molecule has 0 unspecified atom stereocenters. The molecule has 2 aromatic rings. The minimum Gasteiger partial charge on any atom is -0.336 e. The van der Waals surface area contributed by atoms with Gasteiger partial charge in [-0.15, -0.1) is 0 Å². The van der Waals surface area contributed by atoms with Crippen LogP contribution >= 0.6 is 0 Å². The monoisotopic (exact) mass is 224 g/mol. The molecule has 0 aliphatic heterocycles. The first-order chi connectivity index (χ1) is 7.49. The number of carbonyl (C=O) groups excluding carboxylic acids is 1. The Hall–Kier alpha value is -2.38. The van der Waals surface area contributed by atoms with Gasteiger partial charge in [-0.25, -0.2) is 14.6 Å². The predicted molar refractivity (Wildman–Crippen MR) is 53.0 cm³/mol. The minimum absolute atomic E-state index is 0.0125. The van der Waals surface area contributed by atoms with Gasteiger partial charge in [-0.3, -0.25) is 9.78 Å². The van der Waals surface area contributed by atoms with Crippen LogP contribution < -0.4 is 16.1 Å². The zero-order chi connectivity index (χ0) is 11.9. The lowest BCUT2D eigenvalue weighted by atomic mass is 10.5. The van der Waals surface area contributed by atoms with Crippen LogP contribution in [0.2, 0.25) is 0 Å². The van der Waals surface area contributed by atoms with Crippen molar-refractivity contribution in [3.63, 3.8) is 0 Å². The van der Waals surface area contributed by atoms with Gasteiger partial charge in [-0.2, -0.15) is 0 Å². The minimum atomic E-state index is -0.848. The summed E-state index contributed by atoms with van der Waals surface area (Å²) in [4.78, 5) is 46.7. The molecule has 0 spiro atoms. The molecule has 0 radical (unpaired) electrons. The number of imidazole rings is 1. The maximum Gasteiger partial charge on any atom is 0.364 e. The quantitative estimate of drug-likeness (QED) is 0.625.